The summed E-state index contributed by atoms with van der Waals surface area (Å²) in [5.41, 5.74) is 3.59. The standard InChI is InChI=1S/C18H19ClN4O3/c1-11-5-4-6-12(2)15(11)23-10-13-9-20-17(19)21-16(13)22(18(23)25)8-7-14(24)26-3/h4-6,9H,7-8,10H2,1-3H3. The molecule has 136 valence electrons. The average Bonchev–Trinajstić information content (AvgIpc) is 2.61. The third-order valence-electron chi connectivity index (χ3n) is 4.33. The Kier molecular flexibility index (Phi) is 5.08. The third-order valence-corrected chi connectivity index (χ3v) is 4.52. The normalized spacial score (nSPS) is 13.6. The number of carbonyl (C=O) groups is 2. The predicted octanol–water partition coefficient (Wildman–Crippen LogP) is 3.26. The lowest BCUT2D eigenvalue weighted by Gasteiger charge is -2.37. The van der Waals surface area contributed by atoms with Crippen molar-refractivity contribution in [2.75, 3.05) is 23.5 Å². The van der Waals surface area contributed by atoms with Crippen molar-refractivity contribution in [3.63, 3.8) is 0 Å². The summed E-state index contributed by atoms with van der Waals surface area (Å²) in [6.07, 6.45) is 1.67. The molecule has 1 aliphatic heterocycles. The molecule has 0 saturated heterocycles. The number of hydrogen-bond donors (Lipinski definition) is 0. The van der Waals surface area contributed by atoms with Crippen molar-refractivity contribution in [3.05, 3.63) is 46.4 Å². The first-order valence-electron chi connectivity index (χ1n) is 8.16. The van der Waals surface area contributed by atoms with E-state index < -0.39 is 5.97 Å². The monoisotopic (exact) mass is 374 g/mol. The molecule has 2 amide bonds. The van der Waals surface area contributed by atoms with E-state index >= 15 is 0 Å². The van der Waals surface area contributed by atoms with Gasteiger partial charge in [-0.25, -0.2) is 9.78 Å². The van der Waals surface area contributed by atoms with E-state index in [2.05, 4.69) is 14.7 Å². The molecule has 0 fully saturated rings. The largest absolute Gasteiger partial charge is 0.469 e. The number of anilines is 2. The van der Waals surface area contributed by atoms with Crippen molar-refractivity contribution in [1.82, 2.24) is 9.97 Å². The van der Waals surface area contributed by atoms with Crippen molar-refractivity contribution >= 4 is 35.1 Å². The molecule has 8 heteroatoms. The van der Waals surface area contributed by atoms with E-state index in [0.717, 1.165) is 22.4 Å². The molecule has 1 aromatic heterocycles. The minimum atomic E-state index is -0.399. The number of methoxy groups -OCH3 is 1. The van der Waals surface area contributed by atoms with Crippen LogP contribution in [0.15, 0.2) is 24.4 Å². The lowest BCUT2D eigenvalue weighted by atomic mass is 10.1. The summed E-state index contributed by atoms with van der Waals surface area (Å²) in [4.78, 5) is 36.1. The summed E-state index contributed by atoms with van der Waals surface area (Å²) >= 11 is 5.92. The second-order valence-electron chi connectivity index (χ2n) is 6.07. The Morgan fingerprint density at radius 2 is 2.00 bits per heavy atom. The molecule has 1 aromatic carbocycles. The number of aryl methyl sites for hydroxylation is 2. The molecule has 0 spiro atoms. The number of nitrogens with zero attached hydrogens (tertiary/aromatic N) is 4. The maximum Gasteiger partial charge on any atom is 0.330 e. The van der Waals surface area contributed by atoms with Crippen LogP contribution in [0, 0.1) is 13.8 Å². The van der Waals surface area contributed by atoms with E-state index in [4.69, 9.17) is 11.6 Å². The highest BCUT2D eigenvalue weighted by Gasteiger charge is 2.34. The van der Waals surface area contributed by atoms with Gasteiger partial charge in [0.1, 0.15) is 5.82 Å². The van der Waals surface area contributed by atoms with Gasteiger partial charge in [-0.15, -0.1) is 0 Å². The maximum atomic E-state index is 13.2. The number of urea groups is 1. The zero-order valence-electron chi connectivity index (χ0n) is 14.8. The van der Waals surface area contributed by atoms with Crippen LogP contribution >= 0.6 is 11.6 Å². The van der Waals surface area contributed by atoms with Gasteiger partial charge < -0.3 is 4.74 Å². The van der Waals surface area contributed by atoms with E-state index in [1.165, 1.54) is 12.0 Å². The Hall–Kier alpha value is -2.67. The lowest BCUT2D eigenvalue weighted by Crippen LogP contribution is -2.49. The second-order valence-corrected chi connectivity index (χ2v) is 6.41. The molecule has 7 nitrogen and oxygen atoms in total. The summed E-state index contributed by atoms with van der Waals surface area (Å²) in [7, 11) is 1.32. The van der Waals surface area contributed by atoms with Gasteiger partial charge in [-0.3, -0.25) is 14.6 Å². The van der Waals surface area contributed by atoms with Gasteiger partial charge in [-0.1, -0.05) is 18.2 Å². The van der Waals surface area contributed by atoms with E-state index in [-0.39, 0.29) is 24.3 Å². The number of benzene rings is 1. The van der Waals surface area contributed by atoms with Crippen LogP contribution in [-0.2, 0) is 16.1 Å². The first kappa shape index (κ1) is 18.1. The predicted molar refractivity (Wildman–Crippen MR) is 98.5 cm³/mol. The molecular formula is C18H19ClN4O3. The molecule has 0 aliphatic carbocycles. The number of ether oxygens (including phenoxy) is 1. The Bertz CT molecular complexity index is 851. The minimum absolute atomic E-state index is 0.0557. The number of esters is 1. The van der Waals surface area contributed by atoms with Gasteiger partial charge in [-0.2, -0.15) is 4.98 Å². The van der Waals surface area contributed by atoms with Gasteiger partial charge in [0.25, 0.3) is 0 Å². The number of amides is 2. The number of fused-ring (bicyclic) bond motifs is 1. The minimum Gasteiger partial charge on any atom is -0.469 e. The third kappa shape index (κ3) is 3.35. The number of halogens is 1. The molecule has 26 heavy (non-hydrogen) atoms. The van der Waals surface area contributed by atoms with Crippen molar-refractivity contribution in [3.8, 4) is 0 Å². The average molecular weight is 375 g/mol. The van der Waals surface area contributed by atoms with Crippen molar-refractivity contribution < 1.29 is 14.3 Å². The van der Waals surface area contributed by atoms with Crippen LogP contribution in [0.25, 0.3) is 0 Å². The Morgan fingerprint density at radius 1 is 1.31 bits per heavy atom. The fourth-order valence-corrected chi connectivity index (χ4v) is 3.24. The number of hydrogen-bond acceptors (Lipinski definition) is 5. The van der Waals surface area contributed by atoms with Crippen LogP contribution in [0.5, 0.6) is 0 Å². The van der Waals surface area contributed by atoms with Crippen molar-refractivity contribution in [2.45, 2.75) is 26.8 Å². The molecule has 0 saturated carbocycles. The SMILES string of the molecule is COC(=O)CCN1C(=O)N(c2c(C)cccc2C)Cc2cnc(Cl)nc21. The van der Waals surface area contributed by atoms with Crippen LogP contribution in [0.2, 0.25) is 5.28 Å². The highest BCUT2D eigenvalue weighted by Crippen LogP contribution is 2.34. The van der Waals surface area contributed by atoms with Crippen molar-refractivity contribution in [1.29, 1.82) is 0 Å². The molecular weight excluding hydrogens is 356 g/mol. The van der Waals surface area contributed by atoms with E-state index in [0.29, 0.717) is 12.4 Å². The van der Waals surface area contributed by atoms with Gasteiger partial charge in [0.2, 0.25) is 5.28 Å². The molecule has 0 radical (unpaired) electrons. The number of para-hydroxylation sites is 1. The first-order chi connectivity index (χ1) is 12.4. The fourth-order valence-electron chi connectivity index (χ4n) is 3.11. The zero-order valence-corrected chi connectivity index (χ0v) is 15.6. The second kappa shape index (κ2) is 7.29. The Balaban J connectivity index is 2.04. The lowest BCUT2D eigenvalue weighted by molar-refractivity contribution is -0.140. The van der Waals surface area contributed by atoms with Gasteiger partial charge in [-0.05, 0) is 36.6 Å². The highest BCUT2D eigenvalue weighted by molar-refractivity contribution is 6.28. The van der Waals surface area contributed by atoms with E-state index in [1.54, 1.807) is 11.1 Å². The molecule has 0 N–H and O–H groups in total. The van der Waals surface area contributed by atoms with Crippen LogP contribution in [0.1, 0.15) is 23.1 Å². The zero-order chi connectivity index (χ0) is 18.8. The van der Waals surface area contributed by atoms with Gasteiger partial charge in [0.15, 0.2) is 0 Å². The topological polar surface area (TPSA) is 75.6 Å². The van der Waals surface area contributed by atoms with Gasteiger partial charge >= 0.3 is 12.0 Å². The van der Waals surface area contributed by atoms with Crippen molar-refractivity contribution in [2.24, 2.45) is 0 Å². The Morgan fingerprint density at radius 3 is 2.65 bits per heavy atom. The summed E-state index contributed by atoms with van der Waals surface area (Å²) < 4.78 is 4.69. The molecule has 2 aromatic rings. The number of carbonyl (C=O) groups excluding carboxylic acids is 2. The number of rotatable bonds is 4. The molecule has 1 aliphatic rings. The van der Waals surface area contributed by atoms with E-state index in [9.17, 15) is 9.59 Å². The molecule has 2 heterocycles. The maximum absolute atomic E-state index is 13.2. The fraction of sp³-hybridized carbons (Fsp3) is 0.333. The Labute approximate surface area is 156 Å². The van der Waals surface area contributed by atoms with Crippen LogP contribution in [0.3, 0.4) is 0 Å². The smallest absolute Gasteiger partial charge is 0.330 e. The molecule has 0 unspecified atom stereocenters. The summed E-state index contributed by atoms with van der Waals surface area (Å²) in [5, 5.41) is 0.0557. The first-order valence-corrected chi connectivity index (χ1v) is 8.53. The van der Waals surface area contributed by atoms with Gasteiger partial charge in [0, 0.05) is 18.3 Å². The summed E-state index contributed by atoms with van der Waals surface area (Å²) in [6, 6.07) is 5.62. The van der Waals surface area contributed by atoms with Crippen LogP contribution < -0.4 is 9.80 Å². The molecule has 3 rings (SSSR count). The molecule has 0 bridgehead atoms. The quantitative estimate of drug-likeness (QED) is 0.606. The van der Waals surface area contributed by atoms with Gasteiger partial charge in [0.05, 0.1) is 25.8 Å². The van der Waals surface area contributed by atoms with Crippen LogP contribution in [-0.4, -0.2) is 35.6 Å². The van der Waals surface area contributed by atoms with E-state index in [1.807, 2.05) is 32.0 Å². The van der Waals surface area contributed by atoms with Crippen LogP contribution in [0.4, 0.5) is 16.3 Å². The number of aromatic nitrogens is 2. The highest BCUT2D eigenvalue weighted by atomic mass is 35.5. The summed E-state index contributed by atoms with van der Waals surface area (Å²) in [6.45, 7) is 4.41. The molecule has 0 atom stereocenters. The summed E-state index contributed by atoms with van der Waals surface area (Å²) in [5.74, 6) is 0.0325.